The molecule has 0 bridgehead atoms. The Kier molecular flexibility index (Phi) is 5.17. The number of nitrogens with zero attached hydrogens (tertiary/aromatic N) is 6. The number of ether oxygens (including phenoxy) is 1. The fraction of sp³-hybridized carbons (Fsp3) is 0.400. The number of azide groups is 1. The van der Waals surface area contributed by atoms with Crippen LogP contribution in [0.1, 0.15) is 36.7 Å². The van der Waals surface area contributed by atoms with Gasteiger partial charge in [0.2, 0.25) is 0 Å². The maximum atomic E-state index is 14.3. The molecule has 0 saturated heterocycles. The van der Waals surface area contributed by atoms with Gasteiger partial charge in [-0.2, -0.15) is 5.10 Å². The van der Waals surface area contributed by atoms with E-state index in [9.17, 15) is 8.78 Å². The monoisotopic (exact) mass is 413 g/mol. The zero-order valence-corrected chi connectivity index (χ0v) is 16.6. The highest BCUT2D eigenvalue weighted by Crippen LogP contribution is 2.42. The second-order valence-electron chi connectivity index (χ2n) is 7.44. The molecule has 3 aromatic rings. The predicted molar refractivity (Wildman–Crippen MR) is 108 cm³/mol. The number of halogens is 2. The van der Waals surface area contributed by atoms with E-state index >= 15 is 0 Å². The van der Waals surface area contributed by atoms with Gasteiger partial charge in [0.25, 0.3) is 0 Å². The number of alkyl halides is 1. The van der Waals surface area contributed by atoms with Crippen molar-refractivity contribution in [2.75, 3.05) is 18.5 Å². The standard InChI is InChI=1S/C20H21F2N7O/c1-3-15-8-18-26-17(4-5-29(18)27-15)25-12(2)16-7-14(22)6-13-9-20(10-21,11-24-28-23)30-19(13)16/h4-8,12H,3,9-11H2,1-2H3,(H,25,26)/t12-,20?/m1/s1. The fourth-order valence-electron chi connectivity index (χ4n) is 3.70. The minimum Gasteiger partial charge on any atom is -0.483 e. The zero-order chi connectivity index (χ0) is 21.3. The summed E-state index contributed by atoms with van der Waals surface area (Å²) in [5.41, 5.74) is 10.0. The van der Waals surface area contributed by atoms with Crippen molar-refractivity contribution in [1.82, 2.24) is 14.6 Å². The molecular formula is C20H21F2N7O. The minimum absolute atomic E-state index is 0.134. The Bertz CT molecular complexity index is 1140. The van der Waals surface area contributed by atoms with E-state index in [-0.39, 0.29) is 19.0 Å². The van der Waals surface area contributed by atoms with Crippen molar-refractivity contribution < 1.29 is 13.5 Å². The van der Waals surface area contributed by atoms with Gasteiger partial charge in [-0.1, -0.05) is 12.0 Å². The number of nitrogens with one attached hydrogen (secondary N) is 1. The zero-order valence-electron chi connectivity index (χ0n) is 16.6. The number of rotatable bonds is 7. The van der Waals surface area contributed by atoms with Crippen LogP contribution in [0.5, 0.6) is 5.75 Å². The molecule has 0 aliphatic carbocycles. The molecule has 2 atom stereocenters. The molecule has 1 aliphatic rings. The molecule has 156 valence electrons. The van der Waals surface area contributed by atoms with Crippen LogP contribution in [0.15, 0.2) is 35.6 Å². The van der Waals surface area contributed by atoms with Crippen LogP contribution in [-0.2, 0) is 12.8 Å². The summed E-state index contributed by atoms with van der Waals surface area (Å²) < 4.78 is 35.7. The lowest BCUT2D eigenvalue weighted by Crippen LogP contribution is -2.40. The van der Waals surface area contributed by atoms with E-state index in [1.54, 1.807) is 16.8 Å². The summed E-state index contributed by atoms with van der Waals surface area (Å²) in [6.45, 7) is 2.85. The molecule has 1 aliphatic heterocycles. The molecule has 1 unspecified atom stereocenters. The lowest BCUT2D eigenvalue weighted by molar-refractivity contribution is 0.0720. The van der Waals surface area contributed by atoms with Gasteiger partial charge in [-0.05, 0) is 37.1 Å². The van der Waals surface area contributed by atoms with Gasteiger partial charge in [0.05, 0.1) is 18.3 Å². The number of aromatic nitrogens is 3. The van der Waals surface area contributed by atoms with E-state index in [1.165, 1.54) is 12.1 Å². The van der Waals surface area contributed by atoms with Crippen molar-refractivity contribution in [3.63, 3.8) is 0 Å². The summed E-state index contributed by atoms with van der Waals surface area (Å²) in [4.78, 5) is 7.25. The molecule has 0 saturated carbocycles. The fourth-order valence-corrected chi connectivity index (χ4v) is 3.70. The summed E-state index contributed by atoms with van der Waals surface area (Å²) >= 11 is 0. The predicted octanol–water partition coefficient (Wildman–Crippen LogP) is 4.56. The highest BCUT2D eigenvalue weighted by Gasteiger charge is 2.41. The van der Waals surface area contributed by atoms with Crippen LogP contribution in [0.25, 0.3) is 16.1 Å². The van der Waals surface area contributed by atoms with E-state index in [4.69, 9.17) is 10.3 Å². The Labute approximate surface area is 171 Å². The first-order valence-corrected chi connectivity index (χ1v) is 9.67. The first-order chi connectivity index (χ1) is 14.5. The highest BCUT2D eigenvalue weighted by molar-refractivity contribution is 5.52. The summed E-state index contributed by atoms with van der Waals surface area (Å²) in [5, 5.41) is 11.1. The molecule has 2 aromatic heterocycles. The molecule has 10 heteroatoms. The van der Waals surface area contributed by atoms with Crippen molar-refractivity contribution in [2.45, 2.75) is 38.3 Å². The molecule has 4 rings (SSSR count). The smallest absolute Gasteiger partial charge is 0.157 e. The largest absolute Gasteiger partial charge is 0.483 e. The quantitative estimate of drug-likeness (QED) is 0.349. The van der Waals surface area contributed by atoms with E-state index < -0.39 is 18.1 Å². The topological polar surface area (TPSA) is 100 Å². The van der Waals surface area contributed by atoms with Crippen LogP contribution in [-0.4, -0.2) is 33.4 Å². The molecule has 1 aromatic carbocycles. The van der Waals surface area contributed by atoms with Crippen LogP contribution in [0.3, 0.4) is 0 Å². The number of hydrogen-bond acceptors (Lipinski definition) is 5. The van der Waals surface area contributed by atoms with Crippen molar-refractivity contribution in [3.05, 3.63) is 63.5 Å². The molecule has 0 amide bonds. The van der Waals surface area contributed by atoms with Gasteiger partial charge in [-0.25, -0.2) is 18.3 Å². The third-order valence-corrected chi connectivity index (χ3v) is 5.22. The molecule has 30 heavy (non-hydrogen) atoms. The van der Waals surface area contributed by atoms with Gasteiger partial charge in [0.1, 0.15) is 29.7 Å². The summed E-state index contributed by atoms with van der Waals surface area (Å²) in [5.74, 6) is 0.575. The normalized spacial score (nSPS) is 18.5. The number of fused-ring (bicyclic) bond motifs is 2. The number of benzene rings is 1. The van der Waals surface area contributed by atoms with E-state index in [0.717, 1.165) is 12.1 Å². The Hall–Kier alpha value is -3.39. The summed E-state index contributed by atoms with van der Waals surface area (Å²) in [6.07, 6.45) is 2.74. The second-order valence-corrected chi connectivity index (χ2v) is 7.44. The van der Waals surface area contributed by atoms with Crippen molar-refractivity contribution >= 4 is 11.5 Å². The lowest BCUT2D eigenvalue weighted by atomic mass is 9.96. The Balaban J connectivity index is 1.63. The summed E-state index contributed by atoms with van der Waals surface area (Å²) in [6, 6.07) is 6.02. The maximum absolute atomic E-state index is 14.3. The van der Waals surface area contributed by atoms with Crippen LogP contribution < -0.4 is 10.1 Å². The van der Waals surface area contributed by atoms with Gasteiger partial charge in [-0.3, -0.25) is 0 Å². The number of aryl methyl sites for hydroxylation is 1. The van der Waals surface area contributed by atoms with Crippen LogP contribution in [0, 0.1) is 5.82 Å². The van der Waals surface area contributed by atoms with Crippen molar-refractivity contribution in [1.29, 1.82) is 0 Å². The van der Waals surface area contributed by atoms with Crippen molar-refractivity contribution in [3.8, 4) is 5.75 Å². The van der Waals surface area contributed by atoms with E-state index in [1.807, 2.05) is 19.9 Å². The second kappa shape index (κ2) is 7.79. The van der Waals surface area contributed by atoms with Gasteiger partial charge < -0.3 is 10.1 Å². The van der Waals surface area contributed by atoms with Crippen LogP contribution in [0.4, 0.5) is 14.6 Å². The minimum atomic E-state index is -1.30. The van der Waals surface area contributed by atoms with E-state index in [0.29, 0.717) is 28.3 Å². The van der Waals surface area contributed by atoms with Gasteiger partial charge in [0.15, 0.2) is 5.65 Å². The molecule has 1 N–H and O–H groups in total. The molecular weight excluding hydrogens is 392 g/mol. The summed E-state index contributed by atoms with van der Waals surface area (Å²) in [7, 11) is 0. The molecule has 0 spiro atoms. The first-order valence-electron chi connectivity index (χ1n) is 9.67. The Morgan fingerprint density at radius 1 is 1.43 bits per heavy atom. The van der Waals surface area contributed by atoms with Gasteiger partial charge in [-0.15, -0.1) is 0 Å². The molecule has 3 heterocycles. The molecule has 0 fully saturated rings. The molecule has 8 nitrogen and oxygen atoms in total. The van der Waals surface area contributed by atoms with Gasteiger partial charge >= 0.3 is 0 Å². The number of hydrogen-bond donors (Lipinski definition) is 1. The van der Waals surface area contributed by atoms with Crippen LogP contribution in [0.2, 0.25) is 0 Å². The lowest BCUT2D eigenvalue weighted by Gasteiger charge is -2.24. The van der Waals surface area contributed by atoms with Crippen LogP contribution >= 0.6 is 0 Å². The average molecular weight is 413 g/mol. The third-order valence-electron chi connectivity index (χ3n) is 5.22. The average Bonchev–Trinajstić information content (AvgIpc) is 3.32. The third kappa shape index (κ3) is 3.61. The molecule has 0 radical (unpaired) electrons. The highest BCUT2D eigenvalue weighted by atomic mass is 19.1. The Morgan fingerprint density at radius 2 is 2.27 bits per heavy atom. The first kappa shape index (κ1) is 19.9. The Morgan fingerprint density at radius 3 is 3.00 bits per heavy atom. The van der Waals surface area contributed by atoms with Gasteiger partial charge in [0, 0.05) is 34.7 Å². The van der Waals surface area contributed by atoms with E-state index in [2.05, 4.69) is 25.4 Å². The SMILES string of the molecule is CCc1cc2nc(N[C@H](C)c3cc(F)cc4c3OC(CF)(CN=[N+]=[N-])C4)ccn2n1. The maximum Gasteiger partial charge on any atom is 0.157 e. The van der Waals surface area contributed by atoms with Crippen molar-refractivity contribution in [2.24, 2.45) is 5.11 Å². The number of anilines is 1.